The van der Waals surface area contributed by atoms with Crippen LogP contribution in [0.1, 0.15) is 0 Å². The van der Waals surface area contributed by atoms with E-state index in [9.17, 15) is 0 Å². The Morgan fingerprint density at radius 1 is 2.00 bits per heavy atom. The highest BCUT2D eigenvalue weighted by Crippen LogP contribution is 2.06. The van der Waals surface area contributed by atoms with Gasteiger partial charge in [0, 0.05) is 0 Å². The van der Waals surface area contributed by atoms with Crippen molar-refractivity contribution in [3.63, 3.8) is 0 Å². The summed E-state index contributed by atoms with van der Waals surface area (Å²) in [7, 11) is 2.97. The standard InChI is InChI=1S/H3NP2S/c2-1-3-4/h2H2,(H,1,4). The minimum atomic E-state index is 0.781. The molecule has 1 atom stereocenters. The van der Waals surface area contributed by atoms with Gasteiger partial charge >= 0.3 is 0 Å². The number of hydrogen-bond acceptors (Lipinski definition) is 1. The van der Waals surface area contributed by atoms with Crippen molar-refractivity contribution in [2.24, 2.45) is 4.52 Å². The second-order valence-corrected chi connectivity index (χ2v) is 1.84. The van der Waals surface area contributed by atoms with Crippen LogP contribution in [0.15, 0.2) is 4.52 Å². The van der Waals surface area contributed by atoms with Crippen LogP contribution in [0.3, 0.4) is 0 Å². The van der Waals surface area contributed by atoms with Crippen LogP contribution in [0.25, 0.3) is 0 Å². The van der Waals surface area contributed by atoms with E-state index < -0.39 is 0 Å². The normalized spacial score (nSPS) is 9.50. The highest BCUT2D eigenvalue weighted by atomic mass is 32.7. The van der Waals surface area contributed by atoms with Gasteiger partial charge in [0.25, 0.3) is 0 Å². The summed E-state index contributed by atoms with van der Waals surface area (Å²) in [5.74, 6) is 0. The van der Waals surface area contributed by atoms with Gasteiger partial charge in [0.05, 0.1) is 7.57 Å². The Hall–Kier alpha value is 0.880. The third kappa shape index (κ3) is 2.88. The third-order valence-electron chi connectivity index (χ3n) is 0.0516. The van der Waals surface area contributed by atoms with Gasteiger partial charge in [0.2, 0.25) is 0 Å². The SMILES string of the molecule is P/N=P/S. The van der Waals surface area contributed by atoms with Gasteiger partial charge in [-0.15, -0.1) is 0 Å². The van der Waals surface area contributed by atoms with Crippen LogP contribution in [-0.2, 0) is 0 Å². The van der Waals surface area contributed by atoms with Gasteiger partial charge in [-0.3, -0.25) is 0 Å². The molecule has 0 aliphatic heterocycles. The summed E-state index contributed by atoms with van der Waals surface area (Å²) in [5.41, 5.74) is 0. The maximum atomic E-state index is 3.71. The molecule has 24 valence electrons. The summed E-state index contributed by atoms with van der Waals surface area (Å²) in [4.78, 5) is 0. The van der Waals surface area contributed by atoms with E-state index in [0.29, 0.717) is 0 Å². The molecule has 0 bridgehead atoms. The number of nitrogens with zero attached hydrogens (tertiary/aromatic N) is 1. The molecule has 0 heterocycles. The lowest BCUT2D eigenvalue weighted by Gasteiger charge is -1.50. The van der Waals surface area contributed by atoms with Gasteiger partial charge in [0.15, 0.2) is 0 Å². The summed E-state index contributed by atoms with van der Waals surface area (Å²) in [6.07, 6.45) is 0. The zero-order chi connectivity index (χ0) is 3.41. The first-order valence-electron chi connectivity index (χ1n) is 0.658. The molecule has 1 unspecified atom stereocenters. The van der Waals surface area contributed by atoms with Crippen molar-refractivity contribution in [3.8, 4) is 0 Å². The maximum Gasteiger partial charge on any atom is 0.0734 e. The van der Waals surface area contributed by atoms with Gasteiger partial charge in [-0.25, -0.2) is 4.52 Å². The Balaban J connectivity index is 2.55. The molecule has 0 aliphatic carbocycles. The molecule has 0 rings (SSSR count). The van der Waals surface area contributed by atoms with Crippen molar-refractivity contribution in [2.45, 2.75) is 0 Å². The molecule has 0 aromatic heterocycles. The summed E-state index contributed by atoms with van der Waals surface area (Å²) in [6, 6.07) is 0. The van der Waals surface area contributed by atoms with Crippen molar-refractivity contribution in [3.05, 3.63) is 0 Å². The Kier molecular flexibility index (Phi) is 4.73. The molecule has 0 N–H and O–H groups in total. The first kappa shape index (κ1) is 4.88. The molecular formula is H3NP2S. The van der Waals surface area contributed by atoms with Gasteiger partial charge in [-0.1, -0.05) is 12.2 Å². The first-order chi connectivity index (χ1) is 1.91. The summed E-state index contributed by atoms with van der Waals surface area (Å²) in [5, 5.41) is 0. The summed E-state index contributed by atoms with van der Waals surface area (Å²) >= 11 is 3.71. The van der Waals surface area contributed by atoms with Gasteiger partial charge in [-0.05, 0) is 9.39 Å². The summed E-state index contributed by atoms with van der Waals surface area (Å²) in [6.45, 7) is 0. The smallest absolute Gasteiger partial charge is 0.0734 e. The summed E-state index contributed by atoms with van der Waals surface area (Å²) < 4.78 is 3.49. The van der Waals surface area contributed by atoms with E-state index in [4.69, 9.17) is 0 Å². The van der Waals surface area contributed by atoms with Crippen molar-refractivity contribution in [1.82, 2.24) is 0 Å². The molecule has 0 amide bonds. The fourth-order valence-electron chi connectivity index (χ4n) is 0. The van der Waals surface area contributed by atoms with Crippen LogP contribution in [0, 0.1) is 0 Å². The molecule has 0 saturated carbocycles. The van der Waals surface area contributed by atoms with Crippen LogP contribution < -0.4 is 0 Å². The highest BCUT2D eigenvalue weighted by molar-refractivity contribution is 8.34. The second-order valence-electron chi connectivity index (χ2n) is 0.205. The zero-order valence-corrected chi connectivity index (χ0v) is 4.86. The van der Waals surface area contributed by atoms with Crippen molar-refractivity contribution in [1.29, 1.82) is 0 Å². The van der Waals surface area contributed by atoms with E-state index in [1.54, 1.807) is 0 Å². The number of rotatable bonds is 0. The van der Waals surface area contributed by atoms with Crippen molar-refractivity contribution in [2.75, 3.05) is 0 Å². The fraction of sp³-hybridized carbons (Fsp3) is 0. The van der Waals surface area contributed by atoms with Crippen LogP contribution in [0.4, 0.5) is 0 Å². The average molecular weight is 111 g/mol. The number of hydrogen-bond donors (Lipinski definition) is 1. The molecule has 0 fully saturated rings. The quantitative estimate of drug-likeness (QED) is 0.361. The fourth-order valence-corrected chi connectivity index (χ4v) is 0. The van der Waals surface area contributed by atoms with Crippen LogP contribution in [0.2, 0.25) is 0 Å². The molecule has 0 aromatic rings. The molecule has 4 heavy (non-hydrogen) atoms. The maximum absolute atomic E-state index is 3.71. The zero-order valence-electron chi connectivity index (χ0n) is 1.92. The monoisotopic (exact) mass is 111 g/mol. The topological polar surface area (TPSA) is 12.4 Å². The van der Waals surface area contributed by atoms with E-state index in [0.717, 1.165) is 7.57 Å². The van der Waals surface area contributed by atoms with Crippen molar-refractivity contribution >= 4 is 29.2 Å². The van der Waals surface area contributed by atoms with E-state index in [2.05, 4.69) is 26.2 Å². The Morgan fingerprint density at radius 3 is 2.25 bits per heavy atom. The lowest BCUT2D eigenvalue weighted by molar-refractivity contribution is 2.11. The Bertz CT molecular complexity index is 21.2. The molecule has 0 spiro atoms. The van der Waals surface area contributed by atoms with Crippen LogP contribution >= 0.6 is 29.2 Å². The molecule has 0 radical (unpaired) electrons. The third-order valence-corrected chi connectivity index (χ3v) is 1.39. The van der Waals surface area contributed by atoms with E-state index >= 15 is 0 Å². The minimum absolute atomic E-state index is 0.781. The molecule has 0 aliphatic rings. The minimum Gasteiger partial charge on any atom is -0.241 e. The van der Waals surface area contributed by atoms with E-state index in [1.807, 2.05) is 0 Å². The average Bonchev–Trinajstić information content (AvgIpc) is 1.37. The Labute approximate surface area is 34.5 Å². The lowest BCUT2D eigenvalue weighted by Crippen LogP contribution is -0.864. The molecule has 4 heteroatoms. The predicted octanol–water partition coefficient (Wildman–Crippen LogP) is 1.75. The molecular weight excluding hydrogens is 108 g/mol. The molecule has 0 saturated heterocycles. The highest BCUT2D eigenvalue weighted by Gasteiger charge is 1.35. The van der Waals surface area contributed by atoms with Crippen LogP contribution in [0.5, 0.6) is 0 Å². The van der Waals surface area contributed by atoms with Gasteiger partial charge < -0.3 is 0 Å². The Morgan fingerprint density at radius 2 is 2.25 bits per heavy atom. The van der Waals surface area contributed by atoms with Gasteiger partial charge in [0.1, 0.15) is 0 Å². The molecule has 0 aromatic carbocycles. The number of thiol groups is 1. The van der Waals surface area contributed by atoms with E-state index in [-0.39, 0.29) is 0 Å². The van der Waals surface area contributed by atoms with Gasteiger partial charge in [-0.2, -0.15) is 0 Å². The van der Waals surface area contributed by atoms with Crippen molar-refractivity contribution < 1.29 is 0 Å². The lowest BCUT2D eigenvalue weighted by atomic mass is 13.9. The predicted molar refractivity (Wildman–Crippen MR) is 28.0 cm³/mol. The first-order valence-corrected chi connectivity index (χ1v) is 3.17. The van der Waals surface area contributed by atoms with Crippen LogP contribution in [-0.4, -0.2) is 0 Å². The largest absolute Gasteiger partial charge is 0.241 e. The molecule has 1 nitrogen and oxygen atoms in total. The second kappa shape index (κ2) is 3.88. The van der Waals surface area contributed by atoms with E-state index in [1.165, 1.54) is 0 Å².